The van der Waals surface area contributed by atoms with Crippen molar-refractivity contribution in [2.45, 2.75) is 0 Å². The molecule has 0 spiro atoms. The first-order valence-electron chi connectivity index (χ1n) is 8.25. The van der Waals surface area contributed by atoms with Crippen LogP contribution in [-0.4, -0.2) is 16.6 Å². The Balaban J connectivity index is 1.69. The fraction of sp³-hybridized carbons (Fsp3) is 0. The van der Waals surface area contributed by atoms with E-state index in [1.54, 1.807) is 12.4 Å². The predicted octanol–water partition coefficient (Wildman–Crippen LogP) is 5.13. The topological polar surface area (TPSA) is 54.4 Å². The largest absolute Gasteiger partial charge is 0.283 e. The maximum absolute atomic E-state index is 12.7. The summed E-state index contributed by atoms with van der Waals surface area (Å²) in [6.07, 6.45) is 3.39. The molecule has 2 aromatic heterocycles. The number of nitrogens with zero attached hydrogens (tertiary/aromatic N) is 2. The van der Waals surface area contributed by atoms with Crippen molar-refractivity contribution in [3.63, 3.8) is 0 Å². The number of benzene rings is 2. The third-order valence-corrected chi connectivity index (χ3v) is 5.69. The number of fused-ring (bicyclic) bond motifs is 1. The van der Waals surface area contributed by atoms with Crippen molar-refractivity contribution in [1.82, 2.24) is 10.4 Å². The van der Waals surface area contributed by atoms with Gasteiger partial charge in [-0.1, -0.05) is 60.1 Å². The van der Waals surface area contributed by atoms with Crippen molar-refractivity contribution in [1.29, 1.82) is 0 Å². The summed E-state index contributed by atoms with van der Waals surface area (Å²) in [7, 11) is 0. The van der Waals surface area contributed by atoms with Gasteiger partial charge in [0, 0.05) is 33.6 Å². The lowest BCUT2D eigenvalue weighted by Crippen LogP contribution is -2.20. The minimum atomic E-state index is -0.330. The fourth-order valence-corrected chi connectivity index (χ4v) is 4.13. The molecule has 1 N–H and O–H groups in total. The molecule has 0 aliphatic carbocycles. The van der Waals surface area contributed by atoms with Crippen LogP contribution in [0.5, 0.6) is 0 Å². The minimum absolute atomic E-state index is 0.330. The zero-order valence-corrected chi connectivity index (χ0v) is 15.7. The SMILES string of the molecule is O=C(NN=C(c1ccccc1)c1ccncc1)c1sc2ccccc2c1Cl. The number of aromatic nitrogens is 1. The molecule has 0 bridgehead atoms. The molecule has 0 aliphatic rings. The summed E-state index contributed by atoms with van der Waals surface area (Å²) < 4.78 is 0.967. The minimum Gasteiger partial charge on any atom is -0.266 e. The highest BCUT2D eigenvalue weighted by molar-refractivity contribution is 7.21. The average Bonchev–Trinajstić information content (AvgIpc) is 3.07. The van der Waals surface area contributed by atoms with Crippen molar-refractivity contribution in [3.8, 4) is 0 Å². The summed E-state index contributed by atoms with van der Waals surface area (Å²) in [5.41, 5.74) is 5.06. The van der Waals surface area contributed by atoms with Crippen molar-refractivity contribution in [2.24, 2.45) is 5.10 Å². The molecule has 0 radical (unpaired) electrons. The Labute approximate surface area is 165 Å². The van der Waals surface area contributed by atoms with Crippen LogP contribution in [0.1, 0.15) is 20.8 Å². The maximum Gasteiger partial charge on any atom is 0.283 e. The Hall–Kier alpha value is -3.02. The Kier molecular flexibility index (Phi) is 4.96. The van der Waals surface area contributed by atoms with Gasteiger partial charge >= 0.3 is 0 Å². The normalized spacial score (nSPS) is 11.5. The van der Waals surface area contributed by atoms with Gasteiger partial charge in [0.1, 0.15) is 4.88 Å². The summed E-state index contributed by atoms with van der Waals surface area (Å²) in [5, 5.41) is 5.71. The lowest BCUT2D eigenvalue weighted by atomic mass is 10.0. The zero-order valence-electron chi connectivity index (χ0n) is 14.1. The van der Waals surface area contributed by atoms with E-state index in [0.29, 0.717) is 15.6 Å². The molecular weight excluding hydrogens is 378 g/mol. The molecule has 4 nitrogen and oxygen atoms in total. The Morgan fingerprint density at radius 2 is 1.59 bits per heavy atom. The quantitative estimate of drug-likeness (QED) is 0.387. The van der Waals surface area contributed by atoms with E-state index in [4.69, 9.17) is 11.6 Å². The molecule has 4 rings (SSSR count). The third-order valence-electron chi connectivity index (χ3n) is 4.01. The number of amides is 1. The Morgan fingerprint density at radius 3 is 2.33 bits per heavy atom. The van der Waals surface area contributed by atoms with Gasteiger partial charge in [-0.15, -0.1) is 11.3 Å². The van der Waals surface area contributed by atoms with Gasteiger partial charge in [0.25, 0.3) is 5.91 Å². The van der Waals surface area contributed by atoms with Gasteiger partial charge in [-0.05, 0) is 18.2 Å². The molecule has 132 valence electrons. The van der Waals surface area contributed by atoms with Crippen LogP contribution >= 0.6 is 22.9 Å². The predicted molar refractivity (Wildman–Crippen MR) is 111 cm³/mol. The second-order valence-electron chi connectivity index (χ2n) is 5.74. The summed E-state index contributed by atoms with van der Waals surface area (Å²) >= 11 is 7.75. The first kappa shape index (κ1) is 17.4. The number of carbonyl (C=O) groups excluding carboxylic acids is 1. The number of halogens is 1. The van der Waals surface area contributed by atoms with Gasteiger partial charge in [0.2, 0.25) is 0 Å². The van der Waals surface area contributed by atoms with Gasteiger partial charge in [-0.2, -0.15) is 5.10 Å². The van der Waals surface area contributed by atoms with Crippen LogP contribution in [0.3, 0.4) is 0 Å². The van der Waals surface area contributed by atoms with Gasteiger partial charge < -0.3 is 0 Å². The van der Waals surface area contributed by atoms with Crippen LogP contribution < -0.4 is 5.43 Å². The number of pyridine rings is 1. The van der Waals surface area contributed by atoms with E-state index in [9.17, 15) is 4.79 Å². The van der Waals surface area contributed by atoms with Crippen molar-refractivity contribution >= 4 is 44.6 Å². The molecule has 1 amide bonds. The first-order chi connectivity index (χ1) is 13.2. The highest BCUT2D eigenvalue weighted by atomic mass is 35.5. The van der Waals surface area contributed by atoms with E-state index in [0.717, 1.165) is 21.2 Å². The molecule has 0 fully saturated rings. The standard InChI is InChI=1S/C21H14ClN3OS/c22-18-16-8-4-5-9-17(16)27-20(18)21(26)25-24-19(14-6-2-1-3-7-14)15-10-12-23-13-11-15/h1-13H,(H,25,26). The molecule has 0 saturated heterocycles. The summed E-state index contributed by atoms with van der Waals surface area (Å²) in [6, 6.07) is 21.0. The van der Waals surface area contributed by atoms with Gasteiger partial charge in [-0.3, -0.25) is 9.78 Å². The van der Waals surface area contributed by atoms with Crippen molar-refractivity contribution < 1.29 is 4.79 Å². The lowest BCUT2D eigenvalue weighted by Gasteiger charge is -2.07. The van der Waals surface area contributed by atoms with Gasteiger partial charge in [-0.25, -0.2) is 5.43 Å². The molecule has 0 saturated carbocycles. The number of rotatable bonds is 4. The number of hydrogen-bond donors (Lipinski definition) is 1. The van der Waals surface area contributed by atoms with E-state index in [-0.39, 0.29) is 5.91 Å². The summed E-state index contributed by atoms with van der Waals surface area (Å²) in [6.45, 7) is 0. The number of hydrazone groups is 1. The zero-order chi connectivity index (χ0) is 18.6. The van der Waals surface area contributed by atoms with Crippen LogP contribution in [0.15, 0.2) is 84.2 Å². The van der Waals surface area contributed by atoms with Crippen LogP contribution in [-0.2, 0) is 0 Å². The third kappa shape index (κ3) is 3.60. The van der Waals surface area contributed by atoms with Crippen LogP contribution in [0.25, 0.3) is 10.1 Å². The van der Waals surface area contributed by atoms with Crippen molar-refractivity contribution in [2.75, 3.05) is 0 Å². The highest BCUT2D eigenvalue weighted by Crippen LogP contribution is 2.34. The molecule has 2 aromatic carbocycles. The Morgan fingerprint density at radius 1 is 0.926 bits per heavy atom. The van der Waals surface area contributed by atoms with E-state index in [1.807, 2.05) is 66.7 Å². The smallest absolute Gasteiger partial charge is 0.266 e. The van der Waals surface area contributed by atoms with E-state index in [2.05, 4.69) is 15.5 Å². The summed E-state index contributed by atoms with van der Waals surface area (Å²) in [5.74, 6) is -0.330. The molecule has 6 heteroatoms. The molecule has 0 aliphatic heterocycles. The number of hydrogen-bond acceptors (Lipinski definition) is 4. The molecule has 27 heavy (non-hydrogen) atoms. The molecule has 4 aromatic rings. The molecule has 2 heterocycles. The molecule has 0 atom stereocenters. The second kappa shape index (κ2) is 7.70. The van der Waals surface area contributed by atoms with Gasteiger partial charge in [0.05, 0.1) is 10.7 Å². The first-order valence-corrected chi connectivity index (χ1v) is 9.44. The van der Waals surface area contributed by atoms with Crippen LogP contribution in [0.2, 0.25) is 5.02 Å². The summed E-state index contributed by atoms with van der Waals surface area (Å²) in [4.78, 5) is 17.2. The van der Waals surface area contributed by atoms with Crippen LogP contribution in [0, 0.1) is 0 Å². The lowest BCUT2D eigenvalue weighted by molar-refractivity contribution is 0.0959. The maximum atomic E-state index is 12.7. The van der Waals surface area contributed by atoms with Crippen molar-refractivity contribution in [3.05, 3.63) is 100 Å². The fourth-order valence-electron chi connectivity index (χ4n) is 2.72. The molecule has 0 unspecified atom stereocenters. The number of nitrogens with one attached hydrogen (secondary N) is 1. The molecular formula is C21H14ClN3OS. The second-order valence-corrected chi connectivity index (χ2v) is 7.17. The highest BCUT2D eigenvalue weighted by Gasteiger charge is 2.17. The number of thiophene rings is 1. The van der Waals surface area contributed by atoms with Gasteiger partial charge in [0.15, 0.2) is 0 Å². The average molecular weight is 392 g/mol. The van der Waals surface area contributed by atoms with E-state index < -0.39 is 0 Å². The van der Waals surface area contributed by atoms with E-state index in [1.165, 1.54) is 11.3 Å². The van der Waals surface area contributed by atoms with Crippen LogP contribution in [0.4, 0.5) is 0 Å². The number of carbonyl (C=O) groups is 1. The van der Waals surface area contributed by atoms with E-state index >= 15 is 0 Å². The Bertz CT molecular complexity index is 1080. The monoisotopic (exact) mass is 391 g/mol.